The lowest BCUT2D eigenvalue weighted by Gasteiger charge is -2.18. The van der Waals surface area contributed by atoms with Gasteiger partial charge in [-0.2, -0.15) is 0 Å². The third-order valence-electron chi connectivity index (χ3n) is 5.79. The Morgan fingerprint density at radius 2 is 2.07 bits per heavy atom. The molecule has 0 radical (unpaired) electrons. The Labute approximate surface area is 166 Å². The first-order valence-electron chi connectivity index (χ1n) is 10.2. The summed E-state index contributed by atoms with van der Waals surface area (Å²) in [4.78, 5) is 25.7. The SMILES string of the molecule is CC1CC1C(=O)NCCC(=O)N(C)CCCC1CC(c2cccc(F)c2)NN1. The van der Waals surface area contributed by atoms with Gasteiger partial charge in [-0.25, -0.2) is 4.39 Å². The average Bonchev–Trinajstić information content (AvgIpc) is 3.22. The molecule has 1 aliphatic heterocycles. The van der Waals surface area contributed by atoms with Crippen molar-refractivity contribution in [3.63, 3.8) is 0 Å². The summed E-state index contributed by atoms with van der Waals surface area (Å²) >= 11 is 0. The molecule has 1 heterocycles. The van der Waals surface area contributed by atoms with Crippen LogP contribution >= 0.6 is 0 Å². The maximum atomic E-state index is 13.4. The molecule has 3 N–H and O–H groups in total. The van der Waals surface area contributed by atoms with E-state index in [-0.39, 0.29) is 29.6 Å². The van der Waals surface area contributed by atoms with E-state index in [4.69, 9.17) is 0 Å². The second-order valence-corrected chi connectivity index (χ2v) is 8.15. The molecule has 28 heavy (non-hydrogen) atoms. The van der Waals surface area contributed by atoms with Crippen LogP contribution in [0.3, 0.4) is 0 Å². The van der Waals surface area contributed by atoms with E-state index in [0.29, 0.717) is 31.5 Å². The van der Waals surface area contributed by atoms with Crippen LogP contribution in [0.25, 0.3) is 0 Å². The van der Waals surface area contributed by atoms with Gasteiger partial charge in [-0.3, -0.25) is 20.4 Å². The highest BCUT2D eigenvalue weighted by Crippen LogP contribution is 2.37. The monoisotopic (exact) mass is 390 g/mol. The Kier molecular flexibility index (Phi) is 7.02. The van der Waals surface area contributed by atoms with Gasteiger partial charge in [-0.05, 0) is 49.3 Å². The molecule has 7 heteroatoms. The van der Waals surface area contributed by atoms with Gasteiger partial charge in [-0.15, -0.1) is 0 Å². The van der Waals surface area contributed by atoms with Crippen molar-refractivity contribution < 1.29 is 14.0 Å². The van der Waals surface area contributed by atoms with E-state index < -0.39 is 0 Å². The van der Waals surface area contributed by atoms with Crippen LogP contribution in [0.1, 0.15) is 50.6 Å². The Hall–Kier alpha value is -1.99. The summed E-state index contributed by atoms with van der Waals surface area (Å²) in [6.45, 7) is 3.17. The van der Waals surface area contributed by atoms with Gasteiger partial charge in [-0.1, -0.05) is 19.1 Å². The van der Waals surface area contributed by atoms with E-state index in [2.05, 4.69) is 23.1 Å². The van der Waals surface area contributed by atoms with Gasteiger partial charge in [0.1, 0.15) is 5.82 Å². The number of hydrazine groups is 1. The number of nitrogens with zero attached hydrogens (tertiary/aromatic N) is 1. The normalized spacial score (nSPS) is 26.1. The van der Waals surface area contributed by atoms with E-state index in [1.54, 1.807) is 17.0 Å². The van der Waals surface area contributed by atoms with Gasteiger partial charge >= 0.3 is 0 Å². The fourth-order valence-corrected chi connectivity index (χ4v) is 3.76. The summed E-state index contributed by atoms with van der Waals surface area (Å²) in [7, 11) is 1.81. The lowest BCUT2D eigenvalue weighted by molar-refractivity contribution is -0.130. The van der Waals surface area contributed by atoms with Gasteiger partial charge in [0.05, 0.1) is 0 Å². The Morgan fingerprint density at radius 1 is 1.29 bits per heavy atom. The van der Waals surface area contributed by atoms with E-state index in [9.17, 15) is 14.0 Å². The predicted molar refractivity (Wildman–Crippen MR) is 106 cm³/mol. The number of hydrogen-bond donors (Lipinski definition) is 3. The molecular formula is C21H31FN4O2. The molecule has 2 aliphatic rings. The van der Waals surface area contributed by atoms with Crippen LogP contribution in [-0.4, -0.2) is 42.9 Å². The van der Waals surface area contributed by atoms with Crippen LogP contribution in [0.5, 0.6) is 0 Å². The van der Waals surface area contributed by atoms with Crippen molar-refractivity contribution >= 4 is 11.8 Å². The molecule has 2 fully saturated rings. The highest BCUT2D eigenvalue weighted by molar-refractivity contribution is 5.82. The first kappa shape index (κ1) is 20.7. The fraction of sp³-hybridized carbons (Fsp3) is 0.619. The zero-order valence-electron chi connectivity index (χ0n) is 16.7. The molecule has 4 atom stereocenters. The van der Waals surface area contributed by atoms with Crippen LogP contribution < -0.4 is 16.2 Å². The molecule has 1 aliphatic carbocycles. The van der Waals surface area contributed by atoms with Crippen LogP contribution in [0, 0.1) is 17.7 Å². The van der Waals surface area contributed by atoms with E-state index in [1.165, 1.54) is 6.07 Å². The minimum Gasteiger partial charge on any atom is -0.355 e. The molecule has 2 amide bonds. The number of benzene rings is 1. The number of carbonyl (C=O) groups excluding carboxylic acids is 2. The summed E-state index contributed by atoms with van der Waals surface area (Å²) in [6, 6.07) is 7.09. The highest BCUT2D eigenvalue weighted by atomic mass is 19.1. The van der Waals surface area contributed by atoms with Crippen molar-refractivity contribution in [2.24, 2.45) is 11.8 Å². The van der Waals surface area contributed by atoms with Crippen molar-refractivity contribution in [3.05, 3.63) is 35.6 Å². The van der Waals surface area contributed by atoms with Crippen molar-refractivity contribution in [2.45, 2.75) is 51.1 Å². The molecule has 1 saturated heterocycles. The summed E-state index contributed by atoms with van der Waals surface area (Å²) in [6.07, 6.45) is 4.03. The van der Waals surface area contributed by atoms with Gasteiger partial charge in [0.2, 0.25) is 11.8 Å². The van der Waals surface area contributed by atoms with E-state index in [1.807, 2.05) is 13.1 Å². The number of amides is 2. The number of nitrogens with one attached hydrogen (secondary N) is 3. The average molecular weight is 391 g/mol. The van der Waals surface area contributed by atoms with E-state index in [0.717, 1.165) is 31.2 Å². The van der Waals surface area contributed by atoms with Gasteiger partial charge in [0.15, 0.2) is 0 Å². The molecular weight excluding hydrogens is 359 g/mol. The van der Waals surface area contributed by atoms with Gasteiger partial charge in [0, 0.05) is 44.6 Å². The van der Waals surface area contributed by atoms with Crippen molar-refractivity contribution in [1.82, 2.24) is 21.1 Å². The fourth-order valence-electron chi connectivity index (χ4n) is 3.76. The zero-order valence-corrected chi connectivity index (χ0v) is 16.7. The maximum absolute atomic E-state index is 13.4. The quantitative estimate of drug-likeness (QED) is 0.604. The predicted octanol–water partition coefficient (Wildman–Crippen LogP) is 2.13. The van der Waals surface area contributed by atoms with Crippen molar-refractivity contribution in [1.29, 1.82) is 0 Å². The van der Waals surface area contributed by atoms with E-state index >= 15 is 0 Å². The number of carbonyl (C=O) groups is 2. The molecule has 1 aromatic rings. The van der Waals surface area contributed by atoms with Gasteiger partial charge in [0.25, 0.3) is 0 Å². The molecule has 3 rings (SSSR count). The molecule has 0 spiro atoms. The maximum Gasteiger partial charge on any atom is 0.224 e. The van der Waals surface area contributed by atoms with Crippen molar-refractivity contribution in [3.8, 4) is 0 Å². The Morgan fingerprint density at radius 3 is 2.79 bits per heavy atom. The zero-order chi connectivity index (χ0) is 20.1. The first-order chi connectivity index (χ1) is 13.4. The molecule has 154 valence electrons. The first-order valence-corrected chi connectivity index (χ1v) is 10.2. The summed E-state index contributed by atoms with van der Waals surface area (Å²) in [5.41, 5.74) is 7.45. The largest absolute Gasteiger partial charge is 0.355 e. The number of rotatable bonds is 9. The topological polar surface area (TPSA) is 73.5 Å². The lowest BCUT2D eigenvalue weighted by atomic mass is 9.99. The minimum absolute atomic E-state index is 0.0549. The molecule has 1 aromatic carbocycles. The molecule has 0 aromatic heterocycles. The van der Waals surface area contributed by atoms with Crippen LogP contribution in [-0.2, 0) is 9.59 Å². The molecule has 6 nitrogen and oxygen atoms in total. The van der Waals surface area contributed by atoms with Gasteiger partial charge < -0.3 is 10.2 Å². The summed E-state index contributed by atoms with van der Waals surface area (Å²) in [5, 5.41) is 2.85. The highest BCUT2D eigenvalue weighted by Gasteiger charge is 2.38. The molecule has 1 saturated carbocycles. The number of halogens is 1. The Bertz CT molecular complexity index is 699. The van der Waals surface area contributed by atoms with Crippen LogP contribution in [0.15, 0.2) is 24.3 Å². The number of hydrogen-bond acceptors (Lipinski definition) is 4. The smallest absolute Gasteiger partial charge is 0.224 e. The third kappa shape index (κ3) is 5.75. The standard InChI is InChI=1S/C21H31FN4O2/c1-14-11-18(14)21(28)23-9-8-20(27)26(2)10-4-7-17-13-19(25-24-17)15-5-3-6-16(22)12-15/h3,5-6,12,14,17-19,24-25H,4,7-11,13H2,1-2H3,(H,23,28). The van der Waals surface area contributed by atoms with Crippen LogP contribution in [0.4, 0.5) is 4.39 Å². The minimum atomic E-state index is -0.217. The lowest BCUT2D eigenvalue weighted by Crippen LogP contribution is -2.34. The third-order valence-corrected chi connectivity index (χ3v) is 5.79. The van der Waals surface area contributed by atoms with Crippen LogP contribution in [0.2, 0.25) is 0 Å². The Balaban J connectivity index is 1.29. The second-order valence-electron chi connectivity index (χ2n) is 8.15. The molecule has 0 bridgehead atoms. The summed E-state index contributed by atoms with van der Waals surface area (Å²) in [5.74, 6) is 0.551. The molecule has 4 unspecified atom stereocenters. The second kappa shape index (κ2) is 9.47. The summed E-state index contributed by atoms with van der Waals surface area (Å²) < 4.78 is 13.4. The van der Waals surface area contributed by atoms with Crippen molar-refractivity contribution in [2.75, 3.05) is 20.1 Å².